The van der Waals surface area contributed by atoms with Crippen LogP contribution in [0.2, 0.25) is 0 Å². The summed E-state index contributed by atoms with van der Waals surface area (Å²) in [4.78, 5) is 22.3. The molecule has 0 amide bonds. The Morgan fingerprint density at radius 1 is 1.00 bits per heavy atom. The molecule has 1 atom stereocenters. The van der Waals surface area contributed by atoms with Gasteiger partial charge in [0.05, 0.1) is 0 Å². The number of benzene rings is 2. The van der Waals surface area contributed by atoms with E-state index in [1.165, 1.54) is 0 Å². The molecule has 0 saturated carbocycles. The second kappa shape index (κ2) is 7.41. The first-order chi connectivity index (χ1) is 10.6. The van der Waals surface area contributed by atoms with Crippen molar-refractivity contribution in [2.24, 2.45) is 5.92 Å². The van der Waals surface area contributed by atoms with Crippen molar-refractivity contribution in [2.75, 3.05) is 0 Å². The van der Waals surface area contributed by atoms with Gasteiger partial charge in [-0.05, 0) is 42.7 Å². The highest BCUT2D eigenvalue weighted by Crippen LogP contribution is 2.22. The SMILES string of the molecule is CCC(Cc1ccc(Oc2ccccc2)cc1)C(=O)C(=O)O. The second-order valence-corrected chi connectivity index (χ2v) is 5.04. The van der Waals surface area contributed by atoms with Crippen molar-refractivity contribution in [1.82, 2.24) is 0 Å². The first-order valence-electron chi connectivity index (χ1n) is 7.19. The maximum absolute atomic E-state index is 11.6. The lowest BCUT2D eigenvalue weighted by Crippen LogP contribution is -2.24. The van der Waals surface area contributed by atoms with Gasteiger partial charge in [0.15, 0.2) is 0 Å². The van der Waals surface area contributed by atoms with Gasteiger partial charge in [-0.2, -0.15) is 0 Å². The van der Waals surface area contributed by atoms with E-state index < -0.39 is 17.7 Å². The number of ether oxygens (including phenoxy) is 1. The van der Waals surface area contributed by atoms with Crippen molar-refractivity contribution in [2.45, 2.75) is 19.8 Å². The van der Waals surface area contributed by atoms with Crippen LogP contribution in [-0.4, -0.2) is 16.9 Å². The fraction of sp³-hybridized carbons (Fsp3) is 0.222. The van der Waals surface area contributed by atoms with Crippen LogP contribution >= 0.6 is 0 Å². The molecule has 2 aromatic carbocycles. The topological polar surface area (TPSA) is 63.6 Å². The molecular formula is C18H18O4. The van der Waals surface area contributed by atoms with E-state index in [-0.39, 0.29) is 0 Å². The van der Waals surface area contributed by atoms with Gasteiger partial charge in [0.1, 0.15) is 11.5 Å². The highest BCUT2D eigenvalue weighted by Gasteiger charge is 2.23. The van der Waals surface area contributed by atoms with Gasteiger partial charge in [-0.25, -0.2) is 4.79 Å². The van der Waals surface area contributed by atoms with Crippen LogP contribution in [0.3, 0.4) is 0 Å². The molecule has 4 nitrogen and oxygen atoms in total. The number of hydrogen-bond donors (Lipinski definition) is 1. The lowest BCUT2D eigenvalue weighted by atomic mass is 9.93. The number of carboxylic acid groups (broad SMARTS) is 1. The van der Waals surface area contributed by atoms with Crippen LogP contribution < -0.4 is 4.74 Å². The molecule has 4 heteroatoms. The number of hydrogen-bond acceptors (Lipinski definition) is 3. The Balaban J connectivity index is 2.02. The van der Waals surface area contributed by atoms with Gasteiger partial charge in [-0.3, -0.25) is 4.79 Å². The highest BCUT2D eigenvalue weighted by atomic mass is 16.5. The number of para-hydroxylation sites is 1. The second-order valence-electron chi connectivity index (χ2n) is 5.04. The predicted molar refractivity (Wildman–Crippen MR) is 83.1 cm³/mol. The van der Waals surface area contributed by atoms with E-state index in [1.54, 1.807) is 0 Å². The predicted octanol–water partition coefficient (Wildman–Crippen LogP) is 3.70. The lowest BCUT2D eigenvalue weighted by molar-refractivity contribution is -0.151. The van der Waals surface area contributed by atoms with Crippen molar-refractivity contribution in [3.05, 3.63) is 60.2 Å². The van der Waals surface area contributed by atoms with Crippen LogP contribution in [0.1, 0.15) is 18.9 Å². The Hall–Kier alpha value is -2.62. The monoisotopic (exact) mass is 298 g/mol. The molecule has 0 heterocycles. The molecule has 2 aromatic rings. The van der Waals surface area contributed by atoms with Crippen LogP contribution in [0.5, 0.6) is 11.5 Å². The summed E-state index contributed by atoms with van der Waals surface area (Å²) < 4.78 is 5.69. The molecule has 0 bridgehead atoms. The molecule has 0 fully saturated rings. The van der Waals surface area contributed by atoms with Gasteiger partial charge >= 0.3 is 5.97 Å². The maximum Gasteiger partial charge on any atom is 0.372 e. The number of rotatable bonds is 7. The first kappa shape index (κ1) is 15.8. The fourth-order valence-corrected chi connectivity index (χ4v) is 2.20. The largest absolute Gasteiger partial charge is 0.475 e. The minimum atomic E-state index is -1.36. The maximum atomic E-state index is 11.6. The van der Waals surface area contributed by atoms with Gasteiger partial charge in [0.2, 0.25) is 5.78 Å². The summed E-state index contributed by atoms with van der Waals surface area (Å²) in [6, 6.07) is 16.8. The lowest BCUT2D eigenvalue weighted by Gasteiger charge is -2.12. The molecular weight excluding hydrogens is 280 g/mol. The van der Waals surface area contributed by atoms with Crippen molar-refractivity contribution in [3.8, 4) is 11.5 Å². The summed E-state index contributed by atoms with van der Waals surface area (Å²) in [5.74, 6) is -1.13. The number of ketones is 1. The van der Waals surface area contributed by atoms with Crippen molar-refractivity contribution < 1.29 is 19.4 Å². The number of aliphatic carboxylic acids is 1. The minimum Gasteiger partial charge on any atom is -0.475 e. The minimum absolute atomic E-state index is 0.424. The van der Waals surface area contributed by atoms with Gasteiger partial charge in [-0.1, -0.05) is 37.3 Å². The standard InChI is InChI=1S/C18H18O4/c1-2-14(17(19)18(20)21)12-13-8-10-16(11-9-13)22-15-6-4-3-5-7-15/h3-11,14H,2,12H2,1H3,(H,20,21). The van der Waals surface area contributed by atoms with Crippen LogP contribution in [-0.2, 0) is 16.0 Å². The normalized spacial score (nSPS) is 11.7. The summed E-state index contributed by atoms with van der Waals surface area (Å²) in [6.07, 6.45) is 0.931. The molecule has 0 aliphatic heterocycles. The zero-order chi connectivity index (χ0) is 15.9. The van der Waals surface area contributed by atoms with Crippen molar-refractivity contribution in [3.63, 3.8) is 0 Å². The molecule has 0 radical (unpaired) electrons. The van der Waals surface area contributed by atoms with E-state index in [0.29, 0.717) is 18.6 Å². The third-order valence-electron chi connectivity index (χ3n) is 3.46. The molecule has 0 saturated heterocycles. The summed E-state index contributed by atoms with van der Waals surface area (Å²) in [7, 11) is 0. The number of carbonyl (C=O) groups is 2. The summed E-state index contributed by atoms with van der Waals surface area (Å²) in [5, 5.41) is 8.80. The molecule has 114 valence electrons. The van der Waals surface area contributed by atoms with Gasteiger partial charge in [0.25, 0.3) is 0 Å². The van der Waals surface area contributed by atoms with E-state index in [4.69, 9.17) is 9.84 Å². The Kier molecular flexibility index (Phi) is 5.31. The van der Waals surface area contributed by atoms with Gasteiger partial charge in [0, 0.05) is 5.92 Å². The number of Topliss-reactive ketones (excluding diaryl/α,β-unsaturated/α-hetero) is 1. The highest BCUT2D eigenvalue weighted by molar-refractivity contribution is 6.33. The van der Waals surface area contributed by atoms with Gasteiger partial charge in [-0.15, -0.1) is 0 Å². The molecule has 0 aliphatic rings. The number of carbonyl (C=O) groups excluding carboxylic acids is 1. The third-order valence-corrected chi connectivity index (χ3v) is 3.46. The van der Waals surface area contributed by atoms with E-state index in [2.05, 4.69) is 0 Å². The molecule has 2 rings (SSSR count). The quantitative estimate of drug-likeness (QED) is 0.792. The fourth-order valence-electron chi connectivity index (χ4n) is 2.20. The van der Waals surface area contributed by atoms with E-state index in [0.717, 1.165) is 11.3 Å². The Labute approximate surface area is 129 Å². The van der Waals surface area contributed by atoms with Crippen LogP contribution in [0.15, 0.2) is 54.6 Å². The summed E-state index contributed by atoms with van der Waals surface area (Å²) in [5.41, 5.74) is 0.918. The average Bonchev–Trinajstić information content (AvgIpc) is 2.54. The Bertz CT molecular complexity index is 632. The zero-order valence-corrected chi connectivity index (χ0v) is 12.4. The molecule has 0 aliphatic carbocycles. The first-order valence-corrected chi connectivity index (χ1v) is 7.19. The van der Waals surface area contributed by atoms with Gasteiger partial charge < -0.3 is 9.84 Å². The Morgan fingerprint density at radius 2 is 1.59 bits per heavy atom. The Morgan fingerprint density at radius 3 is 2.14 bits per heavy atom. The molecule has 22 heavy (non-hydrogen) atoms. The van der Waals surface area contributed by atoms with Crippen molar-refractivity contribution in [1.29, 1.82) is 0 Å². The average molecular weight is 298 g/mol. The zero-order valence-electron chi connectivity index (χ0n) is 12.4. The van der Waals surface area contributed by atoms with Crippen LogP contribution in [0.4, 0.5) is 0 Å². The number of carboxylic acids is 1. The molecule has 1 N–H and O–H groups in total. The van der Waals surface area contributed by atoms with Crippen LogP contribution in [0.25, 0.3) is 0 Å². The van der Waals surface area contributed by atoms with E-state index in [9.17, 15) is 9.59 Å². The third kappa shape index (κ3) is 4.19. The molecule has 1 unspecified atom stereocenters. The summed E-state index contributed by atoms with van der Waals surface area (Å²) in [6.45, 7) is 1.82. The smallest absolute Gasteiger partial charge is 0.372 e. The van der Waals surface area contributed by atoms with E-state index >= 15 is 0 Å². The summed E-state index contributed by atoms with van der Waals surface area (Å²) >= 11 is 0. The van der Waals surface area contributed by atoms with Crippen molar-refractivity contribution >= 4 is 11.8 Å². The molecule has 0 spiro atoms. The van der Waals surface area contributed by atoms with Crippen LogP contribution in [0, 0.1) is 5.92 Å². The molecule has 0 aromatic heterocycles. The van der Waals surface area contributed by atoms with E-state index in [1.807, 2.05) is 61.5 Å².